The second-order valence-corrected chi connectivity index (χ2v) is 6.86. The Morgan fingerprint density at radius 2 is 1.88 bits per heavy atom. The van der Waals surface area contributed by atoms with Crippen LogP contribution in [-0.4, -0.2) is 19.0 Å². The van der Waals surface area contributed by atoms with Crippen LogP contribution in [0.4, 0.5) is 0 Å². The molecule has 3 aromatic heterocycles. The van der Waals surface area contributed by atoms with E-state index in [1.165, 1.54) is 16.4 Å². The lowest BCUT2D eigenvalue weighted by molar-refractivity contribution is 0.850. The number of aromatic nitrogens is 4. The number of nitrogen functional groups attached to an aromatic ring is 1. The molecule has 0 saturated carbocycles. The number of imidazole rings is 1. The zero-order valence-corrected chi connectivity index (χ0v) is 15.0. The van der Waals surface area contributed by atoms with Crippen LogP contribution in [0.25, 0.3) is 16.9 Å². The van der Waals surface area contributed by atoms with Gasteiger partial charge < -0.3 is 5.84 Å². The molecular weight excluding hydrogens is 346 g/mol. The number of thioether (sulfide) groups is 1. The number of aryl methyl sites for hydroxylation is 1. The molecule has 0 fully saturated rings. The second kappa shape index (κ2) is 6.68. The third kappa shape index (κ3) is 3.09. The summed E-state index contributed by atoms with van der Waals surface area (Å²) < 4.78 is 3.11. The third-order valence-corrected chi connectivity index (χ3v) is 5.05. The first-order valence-corrected chi connectivity index (χ1v) is 9.11. The van der Waals surface area contributed by atoms with E-state index in [0.29, 0.717) is 22.3 Å². The number of nitrogens with zero attached hydrogens (tertiary/aromatic N) is 4. The molecule has 3 heterocycles. The number of hydrogen-bond donors (Lipinski definition) is 1. The van der Waals surface area contributed by atoms with Crippen molar-refractivity contribution in [3.63, 3.8) is 0 Å². The fourth-order valence-electron chi connectivity index (χ4n) is 2.81. The Kier molecular flexibility index (Phi) is 4.22. The first kappa shape index (κ1) is 16.4. The molecule has 0 amide bonds. The first-order valence-electron chi connectivity index (χ1n) is 8.13. The molecule has 130 valence electrons. The van der Waals surface area contributed by atoms with E-state index >= 15 is 0 Å². The van der Waals surface area contributed by atoms with Gasteiger partial charge in [0.25, 0.3) is 5.56 Å². The van der Waals surface area contributed by atoms with E-state index in [4.69, 9.17) is 5.84 Å². The summed E-state index contributed by atoms with van der Waals surface area (Å²) >= 11 is 1.45. The van der Waals surface area contributed by atoms with Crippen molar-refractivity contribution < 1.29 is 0 Å². The van der Waals surface area contributed by atoms with Gasteiger partial charge in [-0.25, -0.2) is 14.6 Å². The average Bonchev–Trinajstić information content (AvgIpc) is 3.01. The summed E-state index contributed by atoms with van der Waals surface area (Å²) in [6, 6.07) is 17.1. The molecule has 1 aromatic carbocycles. The molecule has 0 bridgehead atoms. The monoisotopic (exact) mass is 363 g/mol. The summed E-state index contributed by atoms with van der Waals surface area (Å²) in [6.45, 7) is 1.89. The van der Waals surface area contributed by atoms with Gasteiger partial charge in [-0.1, -0.05) is 48.2 Å². The molecular formula is C19H17N5OS. The van der Waals surface area contributed by atoms with Crippen molar-refractivity contribution >= 4 is 17.4 Å². The molecule has 0 radical (unpaired) electrons. The summed E-state index contributed by atoms with van der Waals surface area (Å²) in [5, 5.41) is 0.676. The fraction of sp³-hybridized carbons (Fsp3) is 0.105. The van der Waals surface area contributed by atoms with Crippen molar-refractivity contribution in [2.45, 2.75) is 17.8 Å². The van der Waals surface area contributed by atoms with Crippen molar-refractivity contribution in [1.82, 2.24) is 19.0 Å². The van der Waals surface area contributed by atoms with Crippen LogP contribution in [-0.2, 0) is 5.75 Å². The quantitative estimate of drug-likeness (QED) is 0.446. The van der Waals surface area contributed by atoms with Crippen molar-refractivity contribution in [3.05, 3.63) is 82.5 Å². The molecule has 4 aromatic rings. The summed E-state index contributed by atoms with van der Waals surface area (Å²) in [7, 11) is 0. The largest absolute Gasteiger partial charge is 0.337 e. The molecule has 0 aliphatic heterocycles. The topological polar surface area (TPSA) is 78.2 Å². The van der Waals surface area contributed by atoms with Crippen LogP contribution in [0.2, 0.25) is 0 Å². The Balaban J connectivity index is 1.59. The minimum Gasteiger partial charge on any atom is -0.337 e. The molecule has 26 heavy (non-hydrogen) atoms. The molecule has 0 aliphatic carbocycles. The summed E-state index contributed by atoms with van der Waals surface area (Å²) in [4.78, 5) is 21.5. The molecule has 0 atom stereocenters. The molecule has 0 saturated heterocycles. The van der Waals surface area contributed by atoms with E-state index in [1.807, 2.05) is 55.5 Å². The van der Waals surface area contributed by atoms with E-state index in [0.717, 1.165) is 17.0 Å². The Morgan fingerprint density at radius 3 is 2.69 bits per heavy atom. The standard InChI is InChI=1S/C19H17N5OS/c1-13-6-5-9-17-21-15(10-18(25)24(13)17)12-26-19-22-16(11-23(19)20)14-7-3-2-4-8-14/h2-11H,12,20H2,1H3. The molecule has 6 nitrogen and oxygen atoms in total. The molecule has 7 heteroatoms. The van der Waals surface area contributed by atoms with E-state index in [2.05, 4.69) is 9.97 Å². The van der Waals surface area contributed by atoms with Gasteiger partial charge in [0.05, 0.1) is 17.6 Å². The van der Waals surface area contributed by atoms with Gasteiger partial charge >= 0.3 is 0 Å². The normalized spacial score (nSPS) is 11.1. The van der Waals surface area contributed by atoms with Gasteiger partial charge in [-0.2, -0.15) is 0 Å². The Morgan fingerprint density at radius 1 is 1.08 bits per heavy atom. The number of nitrogens with two attached hydrogens (primary N) is 1. The van der Waals surface area contributed by atoms with Crippen LogP contribution in [0.1, 0.15) is 11.4 Å². The molecule has 0 spiro atoms. The maximum Gasteiger partial charge on any atom is 0.258 e. The van der Waals surface area contributed by atoms with Gasteiger partial charge in [-0.05, 0) is 19.1 Å². The predicted octanol–water partition coefficient (Wildman–Crippen LogP) is 2.87. The number of benzene rings is 1. The smallest absolute Gasteiger partial charge is 0.258 e. The van der Waals surface area contributed by atoms with Crippen LogP contribution in [0.15, 0.2) is 70.7 Å². The SMILES string of the molecule is Cc1cccc2nc(CSc3nc(-c4ccccc4)cn3N)cc(=O)n12. The zero-order valence-electron chi connectivity index (χ0n) is 14.2. The maximum absolute atomic E-state index is 12.4. The Hall–Kier alpha value is -3.06. The predicted molar refractivity (Wildman–Crippen MR) is 104 cm³/mol. The van der Waals surface area contributed by atoms with E-state index in [9.17, 15) is 4.79 Å². The van der Waals surface area contributed by atoms with Crippen molar-refractivity contribution in [2.75, 3.05) is 5.84 Å². The number of fused-ring (bicyclic) bond motifs is 1. The van der Waals surface area contributed by atoms with Gasteiger partial charge in [0.2, 0.25) is 0 Å². The first-order chi connectivity index (χ1) is 12.6. The lowest BCUT2D eigenvalue weighted by Crippen LogP contribution is -2.17. The van der Waals surface area contributed by atoms with Gasteiger partial charge in [-0.3, -0.25) is 9.20 Å². The number of hydrogen-bond acceptors (Lipinski definition) is 5. The summed E-state index contributed by atoms with van der Waals surface area (Å²) in [5.74, 6) is 6.55. The lowest BCUT2D eigenvalue weighted by atomic mass is 10.2. The number of pyridine rings is 1. The van der Waals surface area contributed by atoms with Crippen molar-refractivity contribution in [2.24, 2.45) is 0 Å². The van der Waals surface area contributed by atoms with E-state index in [1.54, 1.807) is 16.7 Å². The van der Waals surface area contributed by atoms with Crippen LogP contribution < -0.4 is 11.4 Å². The molecule has 2 N–H and O–H groups in total. The highest BCUT2D eigenvalue weighted by molar-refractivity contribution is 7.98. The minimum absolute atomic E-state index is 0.0789. The zero-order chi connectivity index (χ0) is 18.1. The maximum atomic E-state index is 12.4. The summed E-state index contributed by atoms with van der Waals surface area (Å²) in [6.07, 6.45) is 1.80. The van der Waals surface area contributed by atoms with Crippen molar-refractivity contribution in [3.8, 4) is 11.3 Å². The van der Waals surface area contributed by atoms with Gasteiger partial charge in [0, 0.05) is 23.1 Å². The molecule has 4 rings (SSSR count). The van der Waals surface area contributed by atoms with Crippen molar-refractivity contribution in [1.29, 1.82) is 0 Å². The third-order valence-electron chi connectivity index (χ3n) is 4.05. The van der Waals surface area contributed by atoms with Crippen LogP contribution in [0.3, 0.4) is 0 Å². The second-order valence-electron chi connectivity index (χ2n) is 5.92. The highest BCUT2D eigenvalue weighted by Crippen LogP contribution is 2.24. The summed E-state index contributed by atoms with van der Waals surface area (Å²) in [5.41, 5.74) is 3.96. The van der Waals surface area contributed by atoms with Gasteiger partial charge in [0.1, 0.15) is 5.65 Å². The van der Waals surface area contributed by atoms with Crippen LogP contribution in [0.5, 0.6) is 0 Å². The van der Waals surface area contributed by atoms with E-state index < -0.39 is 0 Å². The highest BCUT2D eigenvalue weighted by atomic mass is 32.2. The Labute approximate surface area is 154 Å². The molecule has 0 aliphatic rings. The lowest BCUT2D eigenvalue weighted by Gasteiger charge is -2.06. The van der Waals surface area contributed by atoms with Gasteiger partial charge in [0.15, 0.2) is 5.16 Å². The fourth-order valence-corrected chi connectivity index (χ4v) is 3.60. The van der Waals surface area contributed by atoms with E-state index in [-0.39, 0.29) is 5.56 Å². The minimum atomic E-state index is -0.0789. The Bertz CT molecular complexity index is 1130. The number of rotatable bonds is 4. The van der Waals surface area contributed by atoms with Gasteiger partial charge in [-0.15, -0.1) is 0 Å². The highest BCUT2D eigenvalue weighted by Gasteiger charge is 2.10. The molecule has 0 unspecified atom stereocenters. The van der Waals surface area contributed by atoms with Crippen LogP contribution >= 0.6 is 11.8 Å². The van der Waals surface area contributed by atoms with Crippen LogP contribution in [0, 0.1) is 6.92 Å². The average molecular weight is 363 g/mol.